The van der Waals surface area contributed by atoms with Crippen LogP contribution in [0.15, 0.2) is 70.3 Å². The van der Waals surface area contributed by atoms with Crippen LogP contribution in [0, 0.1) is 0 Å². The van der Waals surface area contributed by atoms with Crippen molar-refractivity contribution in [2.24, 2.45) is 0 Å². The molecule has 7 heteroatoms. The van der Waals surface area contributed by atoms with Crippen LogP contribution in [0.25, 0.3) is 17.3 Å². The first-order valence-corrected chi connectivity index (χ1v) is 8.36. The van der Waals surface area contributed by atoms with E-state index < -0.39 is 0 Å². The van der Waals surface area contributed by atoms with Crippen LogP contribution >= 0.6 is 0 Å². The number of rotatable bonds is 7. The zero-order chi connectivity index (χ0) is 19.1. The summed E-state index contributed by atoms with van der Waals surface area (Å²) in [6, 6.07) is 12.3. The maximum atomic E-state index is 12.3. The smallest absolute Gasteiger partial charge is 0.253 e. The Morgan fingerprint density at radius 1 is 1.30 bits per heavy atom. The summed E-state index contributed by atoms with van der Waals surface area (Å²) in [5.74, 6) is 1.07. The molecule has 0 unspecified atom stereocenters. The molecule has 138 valence electrons. The van der Waals surface area contributed by atoms with E-state index in [0.717, 1.165) is 11.3 Å². The second kappa shape index (κ2) is 8.66. The highest BCUT2D eigenvalue weighted by Crippen LogP contribution is 2.19. The number of hydrogen-bond acceptors (Lipinski definition) is 5. The molecule has 0 bridgehead atoms. The normalized spacial score (nSPS) is 10.9. The average Bonchev–Trinajstić information content (AvgIpc) is 3.21. The van der Waals surface area contributed by atoms with Gasteiger partial charge in [0.2, 0.25) is 5.91 Å². The molecule has 1 aromatic carbocycles. The Morgan fingerprint density at radius 2 is 2.11 bits per heavy atom. The molecule has 0 spiro atoms. The highest BCUT2D eigenvalue weighted by Gasteiger charge is 2.04. The van der Waals surface area contributed by atoms with E-state index in [0.29, 0.717) is 24.5 Å². The summed E-state index contributed by atoms with van der Waals surface area (Å²) >= 11 is 0. The predicted octanol–water partition coefficient (Wildman–Crippen LogP) is 2.34. The first-order valence-electron chi connectivity index (χ1n) is 8.36. The van der Waals surface area contributed by atoms with E-state index in [1.54, 1.807) is 25.3 Å². The first kappa shape index (κ1) is 18.2. The Bertz CT molecular complexity index is 973. The van der Waals surface area contributed by atoms with Gasteiger partial charge in [0.15, 0.2) is 0 Å². The van der Waals surface area contributed by atoms with Crippen molar-refractivity contribution in [1.29, 1.82) is 0 Å². The Kier molecular flexibility index (Phi) is 5.84. The Morgan fingerprint density at radius 3 is 2.78 bits per heavy atom. The molecule has 2 aromatic heterocycles. The number of nitrogens with one attached hydrogen (secondary N) is 1. The van der Waals surface area contributed by atoms with Crippen LogP contribution in [0.2, 0.25) is 0 Å². The van der Waals surface area contributed by atoms with E-state index in [-0.39, 0.29) is 11.5 Å². The quantitative estimate of drug-likeness (QED) is 0.650. The number of carbonyl (C=O) groups is 1. The van der Waals surface area contributed by atoms with Crippen molar-refractivity contribution in [2.75, 3.05) is 13.7 Å². The van der Waals surface area contributed by atoms with Gasteiger partial charge in [0, 0.05) is 30.8 Å². The zero-order valence-corrected chi connectivity index (χ0v) is 14.8. The van der Waals surface area contributed by atoms with E-state index in [4.69, 9.17) is 9.15 Å². The highest BCUT2D eigenvalue weighted by molar-refractivity contribution is 5.91. The monoisotopic (exact) mass is 365 g/mol. The number of carbonyl (C=O) groups excluding carboxylic acids is 1. The zero-order valence-electron chi connectivity index (χ0n) is 14.8. The average molecular weight is 365 g/mol. The van der Waals surface area contributed by atoms with E-state index in [1.807, 2.05) is 24.3 Å². The molecule has 3 rings (SSSR count). The van der Waals surface area contributed by atoms with Crippen LogP contribution in [-0.4, -0.2) is 29.1 Å². The SMILES string of the molecule is COc1ccc(-c2cc(=O)n(CCNC(=O)/C=C/c3ccco3)cn2)cc1. The lowest BCUT2D eigenvalue weighted by atomic mass is 10.1. The molecule has 0 aliphatic heterocycles. The van der Waals surface area contributed by atoms with Crippen molar-refractivity contribution in [3.05, 3.63) is 77.2 Å². The molecular formula is C20H19N3O4. The second-order valence-electron chi connectivity index (χ2n) is 5.67. The molecule has 3 aromatic rings. The Hall–Kier alpha value is -3.61. The number of amides is 1. The fourth-order valence-electron chi connectivity index (χ4n) is 2.42. The molecule has 0 radical (unpaired) electrons. The van der Waals surface area contributed by atoms with Gasteiger partial charge >= 0.3 is 0 Å². The van der Waals surface area contributed by atoms with Gasteiger partial charge in [0.1, 0.15) is 11.5 Å². The third-order valence-corrected chi connectivity index (χ3v) is 3.86. The fraction of sp³-hybridized carbons (Fsp3) is 0.150. The van der Waals surface area contributed by atoms with Crippen molar-refractivity contribution >= 4 is 12.0 Å². The number of methoxy groups -OCH3 is 1. The van der Waals surface area contributed by atoms with Crippen LogP contribution in [0.3, 0.4) is 0 Å². The van der Waals surface area contributed by atoms with Gasteiger partial charge in [-0.2, -0.15) is 0 Å². The lowest BCUT2D eigenvalue weighted by molar-refractivity contribution is -0.116. The standard InChI is InChI=1S/C20H19N3O4/c1-26-16-6-4-15(5-7-16)18-13-20(25)23(14-22-18)11-10-21-19(24)9-8-17-3-2-12-27-17/h2-9,12-14H,10-11H2,1H3,(H,21,24)/b9-8+. The maximum absolute atomic E-state index is 12.3. The molecule has 0 aliphatic carbocycles. The number of furan rings is 1. The summed E-state index contributed by atoms with van der Waals surface area (Å²) in [6.07, 6.45) is 5.97. The topological polar surface area (TPSA) is 86.4 Å². The lowest BCUT2D eigenvalue weighted by Gasteiger charge is -2.07. The van der Waals surface area contributed by atoms with Crippen LogP contribution < -0.4 is 15.6 Å². The van der Waals surface area contributed by atoms with Crippen molar-refractivity contribution < 1.29 is 13.9 Å². The van der Waals surface area contributed by atoms with Gasteiger partial charge in [-0.05, 0) is 42.5 Å². The molecule has 0 fully saturated rings. The minimum atomic E-state index is -0.262. The van der Waals surface area contributed by atoms with Gasteiger partial charge in [0.25, 0.3) is 5.56 Å². The summed E-state index contributed by atoms with van der Waals surface area (Å²) in [7, 11) is 1.60. The fourth-order valence-corrected chi connectivity index (χ4v) is 2.42. The van der Waals surface area contributed by atoms with Gasteiger partial charge in [-0.1, -0.05) is 0 Å². The number of nitrogens with zero attached hydrogens (tertiary/aromatic N) is 2. The maximum Gasteiger partial charge on any atom is 0.253 e. The molecule has 0 saturated heterocycles. The second-order valence-corrected chi connectivity index (χ2v) is 5.67. The first-order chi connectivity index (χ1) is 13.2. The van der Waals surface area contributed by atoms with Crippen molar-refractivity contribution in [3.8, 4) is 17.0 Å². The highest BCUT2D eigenvalue weighted by atomic mass is 16.5. The van der Waals surface area contributed by atoms with Gasteiger partial charge in [-0.25, -0.2) is 4.98 Å². The van der Waals surface area contributed by atoms with E-state index in [2.05, 4.69) is 10.3 Å². The number of hydrogen-bond donors (Lipinski definition) is 1. The van der Waals surface area contributed by atoms with Crippen LogP contribution in [0.4, 0.5) is 0 Å². The molecule has 0 aliphatic rings. The molecular weight excluding hydrogens is 346 g/mol. The number of benzene rings is 1. The molecule has 7 nitrogen and oxygen atoms in total. The number of aromatic nitrogens is 2. The van der Waals surface area contributed by atoms with E-state index in [1.165, 1.54) is 29.3 Å². The van der Waals surface area contributed by atoms with Crippen LogP contribution in [-0.2, 0) is 11.3 Å². The van der Waals surface area contributed by atoms with Crippen LogP contribution in [0.5, 0.6) is 5.75 Å². The van der Waals surface area contributed by atoms with Crippen molar-refractivity contribution in [2.45, 2.75) is 6.54 Å². The summed E-state index contributed by atoms with van der Waals surface area (Å²) < 4.78 is 11.7. The molecule has 2 heterocycles. The summed E-state index contributed by atoms with van der Waals surface area (Å²) in [5, 5.41) is 2.71. The summed E-state index contributed by atoms with van der Waals surface area (Å²) in [5.41, 5.74) is 1.23. The van der Waals surface area contributed by atoms with Crippen LogP contribution in [0.1, 0.15) is 5.76 Å². The molecule has 0 saturated carbocycles. The molecule has 1 N–H and O–H groups in total. The van der Waals surface area contributed by atoms with Gasteiger partial charge in [-0.3, -0.25) is 14.2 Å². The largest absolute Gasteiger partial charge is 0.497 e. The third kappa shape index (κ3) is 4.94. The minimum absolute atomic E-state index is 0.184. The van der Waals surface area contributed by atoms with Gasteiger partial charge in [0.05, 0.1) is 25.4 Å². The van der Waals surface area contributed by atoms with Gasteiger partial charge < -0.3 is 14.5 Å². The molecule has 1 amide bonds. The molecule has 0 atom stereocenters. The predicted molar refractivity (Wildman–Crippen MR) is 101 cm³/mol. The Labute approximate surface area is 155 Å². The Balaban J connectivity index is 1.56. The number of ether oxygens (including phenoxy) is 1. The third-order valence-electron chi connectivity index (χ3n) is 3.86. The summed E-state index contributed by atoms with van der Waals surface area (Å²) in [4.78, 5) is 28.3. The van der Waals surface area contributed by atoms with Crippen molar-refractivity contribution in [3.63, 3.8) is 0 Å². The van der Waals surface area contributed by atoms with E-state index >= 15 is 0 Å². The lowest BCUT2D eigenvalue weighted by Crippen LogP contribution is -2.29. The van der Waals surface area contributed by atoms with Crippen molar-refractivity contribution in [1.82, 2.24) is 14.9 Å². The van der Waals surface area contributed by atoms with E-state index in [9.17, 15) is 9.59 Å². The molecule has 27 heavy (non-hydrogen) atoms. The minimum Gasteiger partial charge on any atom is -0.497 e. The summed E-state index contributed by atoms with van der Waals surface area (Å²) in [6.45, 7) is 0.639. The van der Waals surface area contributed by atoms with Gasteiger partial charge in [-0.15, -0.1) is 0 Å².